The number of carbonyl (C=O) groups is 2. The fourth-order valence-corrected chi connectivity index (χ4v) is 2.42. The lowest BCUT2D eigenvalue weighted by molar-refractivity contribution is -0.156. The molecule has 0 N–H and O–H groups in total. The summed E-state index contributed by atoms with van der Waals surface area (Å²) in [5.41, 5.74) is 1.64. The van der Waals surface area contributed by atoms with Gasteiger partial charge >= 0.3 is 5.97 Å². The molecule has 0 heterocycles. The van der Waals surface area contributed by atoms with Gasteiger partial charge in [0.05, 0.1) is 0 Å². The molecule has 0 radical (unpaired) electrons. The zero-order valence-electron chi connectivity index (χ0n) is 11.5. The molecule has 1 aliphatic carbocycles. The number of alkyl halides is 1. The lowest BCUT2D eigenvalue weighted by Gasteiger charge is -2.25. The molecule has 0 saturated carbocycles. The Labute approximate surface area is 117 Å². The lowest BCUT2D eigenvalue weighted by Crippen LogP contribution is -2.43. The zero-order valence-corrected chi connectivity index (χ0v) is 12.3. The average molecular weight is 281 g/mol. The topological polar surface area (TPSA) is 43.4 Å². The number of ketones is 1. The van der Waals surface area contributed by atoms with Crippen LogP contribution in [0, 0.1) is 6.92 Å². The maximum absolute atomic E-state index is 12.4. The Morgan fingerprint density at radius 1 is 1.37 bits per heavy atom. The Balaban J connectivity index is 2.34. The third kappa shape index (κ3) is 2.52. The zero-order chi connectivity index (χ0) is 14.4. The van der Waals surface area contributed by atoms with Crippen LogP contribution >= 0.6 is 11.6 Å². The monoisotopic (exact) mass is 280 g/mol. The molecule has 1 aromatic carbocycles. The van der Waals surface area contributed by atoms with Crippen molar-refractivity contribution in [3.63, 3.8) is 0 Å². The van der Waals surface area contributed by atoms with Crippen LogP contribution in [0.3, 0.4) is 0 Å². The van der Waals surface area contributed by atoms with Gasteiger partial charge in [-0.1, -0.05) is 29.3 Å². The summed E-state index contributed by atoms with van der Waals surface area (Å²) in [4.78, 5) is 22.9. The van der Waals surface area contributed by atoms with E-state index in [2.05, 4.69) is 0 Å². The third-order valence-corrected chi connectivity index (χ3v) is 3.49. The number of fused-ring (bicyclic) bond motifs is 1. The first-order valence-electron chi connectivity index (χ1n) is 6.20. The Morgan fingerprint density at radius 2 is 2.00 bits per heavy atom. The summed E-state index contributed by atoms with van der Waals surface area (Å²) >= 11 is 6.27. The van der Waals surface area contributed by atoms with Crippen LogP contribution in [0.5, 0.6) is 0 Å². The first kappa shape index (κ1) is 14.1. The summed E-state index contributed by atoms with van der Waals surface area (Å²) in [5.74, 6) is -1.03. The second kappa shape index (κ2) is 4.34. The molecule has 2 rings (SSSR count). The third-order valence-electron chi connectivity index (χ3n) is 3.03. The molecular formula is C15H17ClO3. The van der Waals surface area contributed by atoms with Crippen LogP contribution in [0.15, 0.2) is 18.2 Å². The van der Waals surface area contributed by atoms with Gasteiger partial charge < -0.3 is 4.74 Å². The predicted molar refractivity (Wildman–Crippen MR) is 73.6 cm³/mol. The van der Waals surface area contributed by atoms with Gasteiger partial charge in [-0.05, 0) is 39.3 Å². The van der Waals surface area contributed by atoms with Gasteiger partial charge in [-0.2, -0.15) is 0 Å². The van der Waals surface area contributed by atoms with E-state index in [-0.39, 0.29) is 12.2 Å². The SMILES string of the molecule is Cc1ccc2c(c1)C(=O)[C@](Cl)(C(=O)OC(C)(C)C)C2. The van der Waals surface area contributed by atoms with E-state index in [0.29, 0.717) is 5.56 Å². The summed E-state index contributed by atoms with van der Waals surface area (Å²) in [6.07, 6.45) is 0.192. The van der Waals surface area contributed by atoms with E-state index in [1.807, 2.05) is 19.1 Å². The van der Waals surface area contributed by atoms with Gasteiger partial charge in [0, 0.05) is 12.0 Å². The van der Waals surface area contributed by atoms with E-state index in [1.54, 1.807) is 26.8 Å². The molecule has 19 heavy (non-hydrogen) atoms. The number of rotatable bonds is 1. The Morgan fingerprint density at radius 3 is 2.58 bits per heavy atom. The molecule has 0 aliphatic heterocycles. The quantitative estimate of drug-likeness (QED) is 0.451. The smallest absolute Gasteiger partial charge is 0.336 e. The van der Waals surface area contributed by atoms with Crippen LogP contribution in [0.1, 0.15) is 42.3 Å². The molecule has 0 unspecified atom stereocenters. The van der Waals surface area contributed by atoms with Crippen LogP contribution in [0.4, 0.5) is 0 Å². The summed E-state index contributed by atoms with van der Waals surface area (Å²) in [7, 11) is 0. The van der Waals surface area contributed by atoms with Crippen molar-refractivity contribution in [3.8, 4) is 0 Å². The van der Waals surface area contributed by atoms with E-state index < -0.39 is 16.4 Å². The molecule has 0 fully saturated rings. The normalized spacial score (nSPS) is 22.3. The second-order valence-electron chi connectivity index (χ2n) is 5.97. The standard InChI is InChI=1S/C15H17ClO3/c1-9-5-6-10-8-15(16,12(17)11(10)7-9)13(18)19-14(2,3)4/h5-7H,8H2,1-4H3/t15-/m0/s1. The van der Waals surface area contributed by atoms with Crippen molar-refractivity contribution in [1.29, 1.82) is 0 Å². The number of Topliss-reactive ketones (excluding diaryl/α,β-unsaturated/α-hetero) is 1. The highest BCUT2D eigenvalue weighted by atomic mass is 35.5. The highest BCUT2D eigenvalue weighted by molar-refractivity contribution is 6.49. The Kier molecular flexibility index (Phi) is 3.21. The number of aryl methyl sites for hydroxylation is 1. The highest BCUT2D eigenvalue weighted by Gasteiger charge is 2.52. The Bertz CT molecular complexity index is 557. The van der Waals surface area contributed by atoms with Crippen molar-refractivity contribution in [2.45, 2.75) is 44.6 Å². The highest BCUT2D eigenvalue weighted by Crippen LogP contribution is 2.37. The number of carbonyl (C=O) groups excluding carboxylic acids is 2. The van der Waals surface area contributed by atoms with Gasteiger partial charge in [-0.15, -0.1) is 0 Å². The van der Waals surface area contributed by atoms with Crippen molar-refractivity contribution < 1.29 is 14.3 Å². The predicted octanol–water partition coefficient (Wildman–Crippen LogP) is 3.05. The minimum atomic E-state index is -1.61. The second-order valence-corrected chi connectivity index (χ2v) is 6.61. The first-order valence-corrected chi connectivity index (χ1v) is 6.58. The molecule has 1 atom stereocenters. The van der Waals surface area contributed by atoms with Gasteiger partial charge in [-0.3, -0.25) is 4.79 Å². The summed E-state index contributed by atoms with van der Waals surface area (Å²) in [6, 6.07) is 5.52. The van der Waals surface area contributed by atoms with E-state index in [0.717, 1.165) is 11.1 Å². The van der Waals surface area contributed by atoms with Gasteiger partial charge in [0.25, 0.3) is 0 Å². The van der Waals surface area contributed by atoms with Crippen molar-refractivity contribution in [3.05, 3.63) is 34.9 Å². The number of benzene rings is 1. The molecule has 0 spiro atoms. The number of halogens is 1. The van der Waals surface area contributed by atoms with Crippen LogP contribution in [-0.2, 0) is 16.0 Å². The number of hydrogen-bond donors (Lipinski definition) is 0. The fraction of sp³-hybridized carbons (Fsp3) is 0.467. The van der Waals surface area contributed by atoms with E-state index >= 15 is 0 Å². The minimum Gasteiger partial charge on any atom is -0.458 e. The number of hydrogen-bond acceptors (Lipinski definition) is 3. The van der Waals surface area contributed by atoms with Crippen molar-refractivity contribution in [2.24, 2.45) is 0 Å². The molecule has 0 amide bonds. The maximum Gasteiger partial charge on any atom is 0.336 e. The molecule has 4 heteroatoms. The molecule has 3 nitrogen and oxygen atoms in total. The average Bonchev–Trinajstić information content (AvgIpc) is 2.51. The molecule has 1 aromatic rings. The van der Waals surface area contributed by atoms with Gasteiger partial charge in [0.1, 0.15) is 5.60 Å². The largest absolute Gasteiger partial charge is 0.458 e. The van der Waals surface area contributed by atoms with Crippen molar-refractivity contribution in [2.75, 3.05) is 0 Å². The van der Waals surface area contributed by atoms with Crippen LogP contribution in [0.25, 0.3) is 0 Å². The van der Waals surface area contributed by atoms with Crippen LogP contribution in [-0.4, -0.2) is 22.2 Å². The molecular weight excluding hydrogens is 264 g/mol. The molecule has 0 bridgehead atoms. The first-order chi connectivity index (χ1) is 8.63. The van der Waals surface area contributed by atoms with Gasteiger partial charge in [0.15, 0.2) is 5.78 Å². The Hall–Kier alpha value is -1.35. The fourth-order valence-electron chi connectivity index (χ4n) is 2.14. The summed E-state index contributed by atoms with van der Waals surface area (Å²) in [5, 5.41) is 0. The van der Waals surface area contributed by atoms with Gasteiger partial charge in [-0.25, -0.2) is 4.79 Å². The lowest BCUT2D eigenvalue weighted by atomic mass is 10.0. The van der Waals surface area contributed by atoms with E-state index in [1.165, 1.54) is 0 Å². The molecule has 1 aliphatic rings. The van der Waals surface area contributed by atoms with Crippen molar-refractivity contribution in [1.82, 2.24) is 0 Å². The van der Waals surface area contributed by atoms with E-state index in [9.17, 15) is 9.59 Å². The van der Waals surface area contributed by atoms with Crippen LogP contribution < -0.4 is 0 Å². The number of ether oxygens (including phenoxy) is 1. The van der Waals surface area contributed by atoms with Gasteiger partial charge in [0.2, 0.25) is 4.87 Å². The minimum absolute atomic E-state index is 0.192. The summed E-state index contributed by atoms with van der Waals surface area (Å²) < 4.78 is 5.26. The van der Waals surface area contributed by atoms with Crippen molar-refractivity contribution >= 4 is 23.4 Å². The van der Waals surface area contributed by atoms with E-state index in [4.69, 9.17) is 16.3 Å². The maximum atomic E-state index is 12.4. The molecule has 0 saturated heterocycles. The number of esters is 1. The van der Waals surface area contributed by atoms with Crippen LogP contribution in [0.2, 0.25) is 0 Å². The summed E-state index contributed by atoms with van der Waals surface area (Å²) in [6.45, 7) is 7.15. The molecule has 102 valence electrons. The molecule has 0 aromatic heterocycles.